The van der Waals surface area contributed by atoms with Gasteiger partial charge in [0.15, 0.2) is 0 Å². The van der Waals surface area contributed by atoms with Crippen molar-refractivity contribution in [1.82, 2.24) is 19.9 Å². The van der Waals surface area contributed by atoms with Gasteiger partial charge in [0.2, 0.25) is 11.8 Å². The maximum atomic E-state index is 12.7. The van der Waals surface area contributed by atoms with Crippen molar-refractivity contribution < 1.29 is 9.53 Å². The van der Waals surface area contributed by atoms with Gasteiger partial charge in [-0.3, -0.25) is 14.8 Å². The molecule has 2 aromatic heterocycles. The molecule has 0 unspecified atom stereocenters. The standard InChI is InChI=1S/C23H24N4O2/c1-17-5-2-8-20(11-17)29-22-15-25-14-21(26-22)19-7-4-10-27(16-19)23(28)12-18-6-3-9-24-13-18/h2-3,5-6,8-9,11,13-15,19H,4,7,10,12,16H2,1H3/t19-/m1/s1. The summed E-state index contributed by atoms with van der Waals surface area (Å²) in [5.41, 5.74) is 2.93. The van der Waals surface area contributed by atoms with E-state index in [0.717, 1.165) is 42.0 Å². The average molecular weight is 388 g/mol. The highest BCUT2D eigenvalue weighted by Gasteiger charge is 2.26. The first-order valence-corrected chi connectivity index (χ1v) is 9.90. The van der Waals surface area contributed by atoms with Crippen LogP contribution in [0.5, 0.6) is 11.6 Å². The number of aryl methyl sites for hydroxylation is 1. The summed E-state index contributed by atoms with van der Waals surface area (Å²) in [6, 6.07) is 11.6. The minimum absolute atomic E-state index is 0.128. The number of rotatable bonds is 5. The molecular weight excluding hydrogens is 364 g/mol. The molecule has 1 aromatic carbocycles. The lowest BCUT2D eigenvalue weighted by atomic mass is 9.94. The minimum atomic E-state index is 0.128. The average Bonchev–Trinajstić information content (AvgIpc) is 2.75. The second-order valence-electron chi connectivity index (χ2n) is 7.42. The molecule has 1 atom stereocenters. The third-order valence-electron chi connectivity index (χ3n) is 5.11. The number of amides is 1. The van der Waals surface area contributed by atoms with Crippen LogP contribution in [-0.2, 0) is 11.2 Å². The highest BCUT2D eigenvalue weighted by Crippen LogP contribution is 2.28. The van der Waals surface area contributed by atoms with Gasteiger partial charge in [0, 0.05) is 37.6 Å². The third kappa shape index (κ3) is 4.96. The number of ether oxygens (including phenoxy) is 1. The molecule has 0 aliphatic carbocycles. The van der Waals surface area contributed by atoms with Crippen LogP contribution in [0.1, 0.15) is 35.6 Å². The smallest absolute Gasteiger partial charge is 0.238 e. The number of nitrogens with zero attached hydrogens (tertiary/aromatic N) is 4. The molecular formula is C23H24N4O2. The Hall–Kier alpha value is -3.28. The molecule has 0 bridgehead atoms. The van der Waals surface area contributed by atoms with Gasteiger partial charge in [-0.1, -0.05) is 18.2 Å². The molecule has 29 heavy (non-hydrogen) atoms. The van der Waals surface area contributed by atoms with Crippen molar-refractivity contribution >= 4 is 5.91 Å². The van der Waals surface area contributed by atoms with Crippen LogP contribution in [0.3, 0.4) is 0 Å². The molecule has 1 aliphatic heterocycles. The van der Waals surface area contributed by atoms with Crippen LogP contribution in [0.2, 0.25) is 0 Å². The summed E-state index contributed by atoms with van der Waals surface area (Å²) in [5, 5.41) is 0. The Kier molecular flexibility index (Phi) is 5.79. The van der Waals surface area contributed by atoms with Crippen LogP contribution >= 0.6 is 0 Å². The molecule has 1 amide bonds. The summed E-state index contributed by atoms with van der Waals surface area (Å²) < 4.78 is 5.88. The summed E-state index contributed by atoms with van der Waals surface area (Å²) in [7, 11) is 0. The number of hydrogen-bond donors (Lipinski definition) is 0. The Bertz CT molecular complexity index is 977. The number of carbonyl (C=O) groups is 1. The molecule has 3 aromatic rings. The highest BCUT2D eigenvalue weighted by atomic mass is 16.5. The van der Waals surface area contributed by atoms with E-state index in [0.29, 0.717) is 18.8 Å². The van der Waals surface area contributed by atoms with Gasteiger partial charge in [-0.25, -0.2) is 4.98 Å². The van der Waals surface area contributed by atoms with Crippen molar-refractivity contribution in [3.05, 3.63) is 78.0 Å². The van der Waals surface area contributed by atoms with Crippen LogP contribution in [0.25, 0.3) is 0 Å². The molecule has 3 heterocycles. The van der Waals surface area contributed by atoms with Gasteiger partial charge in [-0.15, -0.1) is 0 Å². The number of benzene rings is 1. The molecule has 0 saturated carbocycles. The number of likely N-dealkylation sites (tertiary alicyclic amines) is 1. The van der Waals surface area contributed by atoms with E-state index in [1.54, 1.807) is 24.8 Å². The molecule has 6 heteroatoms. The van der Waals surface area contributed by atoms with E-state index in [9.17, 15) is 4.79 Å². The summed E-state index contributed by atoms with van der Waals surface area (Å²) in [4.78, 5) is 27.7. The molecule has 148 valence electrons. The first-order chi connectivity index (χ1) is 14.2. The number of piperidine rings is 1. The van der Waals surface area contributed by atoms with E-state index in [2.05, 4.69) is 15.0 Å². The normalized spacial score (nSPS) is 16.4. The second kappa shape index (κ2) is 8.82. The fraction of sp³-hybridized carbons (Fsp3) is 0.304. The summed E-state index contributed by atoms with van der Waals surface area (Å²) in [5.74, 6) is 1.51. The van der Waals surface area contributed by atoms with Gasteiger partial charge in [0.1, 0.15) is 5.75 Å². The van der Waals surface area contributed by atoms with Crippen molar-refractivity contribution in [2.45, 2.75) is 32.1 Å². The lowest BCUT2D eigenvalue weighted by molar-refractivity contribution is -0.131. The summed E-state index contributed by atoms with van der Waals surface area (Å²) >= 11 is 0. The Labute approximate surface area is 170 Å². The Balaban J connectivity index is 1.43. The van der Waals surface area contributed by atoms with Crippen LogP contribution in [0.4, 0.5) is 0 Å². The van der Waals surface area contributed by atoms with E-state index in [1.165, 1.54) is 0 Å². The zero-order valence-electron chi connectivity index (χ0n) is 16.5. The predicted octanol–water partition coefficient (Wildman–Crippen LogP) is 3.92. The molecule has 4 rings (SSSR count). The maximum absolute atomic E-state index is 12.7. The lowest BCUT2D eigenvalue weighted by Gasteiger charge is -2.32. The number of pyridine rings is 1. The third-order valence-corrected chi connectivity index (χ3v) is 5.11. The number of carbonyl (C=O) groups excluding carboxylic acids is 1. The minimum Gasteiger partial charge on any atom is -0.437 e. The highest BCUT2D eigenvalue weighted by molar-refractivity contribution is 5.78. The monoisotopic (exact) mass is 388 g/mol. The fourth-order valence-electron chi connectivity index (χ4n) is 3.64. The van der Waals surface area contributed by atoms with Crippen molar-refractivity contribution in [1.29, 1.82) is 0 Å². The Morgan fingerprint density at radius 2 is 2.10 bits per heavy atom. The van der Waals surface area contributed by atoms with Crippen LogP contribution in [0.15, 0.2) is 61.2 Å². The zero-order chi connectivity index (χ0) is 20.1. The molecule has 1 fully saturated rings. The lowest BCUT2D eigenvalue weighted by Crippen LogP contribution is -2.40. The largest absolute Gasteiger partial charge is 0.437 e. The van der Waals surface area contributed by atoms with Crippen LogP contribution < -0.4 is 4.74 Å². The molecule has 1 aliphatic rings. The van der Waals surface area contributed by atoms with E-state index in [-0.39, 0.29) is 11.8 Å². The number of hydrogen-bond acceptors (Lipinski definition) is 5. The van der Waals surface area contributed by atoms with E-state index < -0.39 is 0 Å². The second-order valence-corrected chi connectivity index (χ2v) is 7.42. The van der Waals surface area contributed by atoms with Gasteiger partial charge in [-0.05, 0) is 49.1 Å². The predicted molar refractivity (Wildman–Crippen MR) is 110 cm³/mol. The zero-order valence-corrected chi connectivity index (χ0v) is 16.5. The van der Waals surface area contributed by atoms with Crippen LogP contribution in [-0.4, -0.2) is 38.8 Å². The van der Waals surface area contributed by atoms with Crippen molar-refractivity contribution in [2.75, 3.05) is 13.1 Å². The maximum Gasteiger partial charge on any atom is 0.238 e. The van der Waals surface area contributed by atoms with E-state index in [1.807, 2.05) is 48.2 Å². The van der Waals surface area contributed by atoms with Gasteiger partial charge in [-0.2, -0.15) is 0 Å². The molecule has 0 N–H and O–H groups in total. The van der Waals surface area contributed by atoms with Gasteiger partial charge in [0.05, 0.1) is 18.3 Å². The van der Waals surface area contributed by atoms with Crippen molar-refractivity contribution in [2.24, 2.45) is 0 Å². The van der Waals surface area contributed by atoms with Gasteiger partial charge >= 0.3 is 0 Å². The Morgan fingerprint density at radius 1 is 1.17 bits per heavy atom. The SMILES string of the molecule is Cc1cccc(Oc2cncc([C@@H]3CCCN(C(=O)Cc4cccnc4)C3)n2)c1. The van der Waals surface area contributed by atoms with Crippen molar-refractivity contribution in [3.63, 3.8) is 0 Å². The summed E-state index contributed by atoms with van der Waals surface area (Å²) in [6.07, 6.45) is 9.19. The first kappa shape index (κ1) is 19.1. The van der Waals surface area contributed by atoms with Crippen LogP contribution in [0, 0.1) is 6.92 Å². The molecule has 0 spiro atoms. The molecule has 1 saturated heterocycles. The van der Waals surface area contributed by atoms with Crippen molar-refractivity contribution in [3.8, 4) is 11.6 Å². The van der Waals surface area contributed by atoms with Gasteiger partial charge in [0.25, 0.3) is 0 Å². The van der Waals surface area contributed by atoms with E-state index >= 15 is 0 Å². The molecule has 0 radical (unpaired) electrons. The Morgan fingerprint density at radius 3 is 2.93 bits per heavy atom. The first-order valence-electron chi connectivity index (χ1n) is 9.90. The summed E-state index contributed by atoms with van der Waals surface area (Å²) in [6.45, 7) is 3.46. The number of aromatic nitrogens is 3. The quantitative estimate of drug-likeness (QED) is 0.663. The topological polar surface area (TPSA) is 68.2 Å². The molecule has 6 nitrogen and oxygen atoms in total. The fourth-order valence-corrected chi connectivity index (χ4v) is 3.64. The van der Waals surface area contributed by atoms with Gasteiger partial charge < -0.3 is 9.64 Å². The van der Waals surface area contributed by atoms with E-state index in [4.69, 9.17) is 4.74 Å².